The largest absolute Gasteiger partial charge is 0.497 e. The van der Waals surface area contributed by atoms with Gasteiger partial charge in [0.25, 0.3) is 0 Å². The number of carbonyl (C=O) groups excluding carboxylic acids is 1. The van der Waals surface area contributed by atoms with Crippen LogP contribution in [-0.2, 0) is 11.2 Å². The molecule has 0 fully saturated rings. The van der Waals surface area contributed by atoms with Crippen LogP contribution in [0.5, 0.6) is 5.75 Å². The molecule has 2 rings (SSSR count). The van der Waals surface area contributed by atoms with E-state index < -0.39 is 0 Å². The minimum absolute atomic E-state index is 0.150. The van der Waals surface area contributed by atoms with Crippen LogP contribution >= 0.6 is 0 Å². The molecule has 4 nitrogen and oxygen atoms in total. The SMILES string of the molecule is COc1ccc(CC(=O)NN=C(C)/C=C\c2ccccc2)cc1. The number of rotatable bonds is 6. The molecule has 118 valence electrons. The van der Waals surface area contributed by atoms with Gasteiger partial charge in [0, 0.05) is 0 Å². The lowest BCUT2D eigenvalue weighted by molar-refractivity contribution is -0.120. The summed E-state index contributed by atoms with van der Waals surface area (Å²) in [6, 6.07) is 17.3. The van der Waals surface area contributed by atoms with Crippen LogP contribution in [0.3, 0.4) is 0 Å². The van der Waals surface area contributed by atoms with Crippen molar-refractivity contribution in [2.75, 3.05) is 7.11 Å². The Balaban J connectivity index is 1.85. The van der Waals surface area contributed by atoms with E-state index in [1.807, 2.05) is 73.7 Å². The van der Waals surface area contributed by atoms with Crippen LogP contribution in [0, 0.1) is 0 Å². The lowest BCUT2D eigenvalue weighted by Crippen LogP contribution is -2.20. The van der Waals surface area contributed by atoms with Gasteiger partial charge in [0.2, 0.25) is 5.91 Å². The van der Waals surface area contributed by atoms with E-state index in [9.17, 15) is 4.79 Å². The molecule has 1 amide bonds. The van der Waals surface area contributed by atoms with Crippen LogP contribution < -0.4 is 10.2 Å². The molecule has 0 atom stereocenters. The van der Waals surface area contributed by atoms with E-state index in [4.69, 9.17) is 4.74 Å². The second-order valence-corrected chi connectivity index (χ2v) is 5.06. The Kier molecular flexibility index (Phi) is 6.12. The van der Waals surface area contributed by atoms with Crippen molar-refractivity contribution in [3.8, 4) is 5.75 Å². The first-order valence-electron chi connectivity index (χ1n) is 7.36. The summed E-state index contributed by atoms with van der Waals surface area (Å²) in [5, 5.41) is 4.07. The highest BCUT2D eigenvalue weighted by atomic mass is 16.5. The monoisotopic (exact) mass is 308 g/mol. The summed E-state index contributed by atoms with van der Waals surface area (Å²) in [6.07, 6.45) is 4.10. The second kappa shape index (κ2) is 8.54. The molecule has 0 aromatic heterocycles. The third-order valence-electron chi connectivity index (χ3n) is 3.20. The number of ether oxygens (including phenoxy) is 1. The summed E-state index contributed by atoms with van der Waals surface area (Å²) in [6.45, 7) is 1.84. The van der Waals surface area contributed by atoms with Crippen molar-refractivity contribution in [1.82, 2.24) is 5.43 Å². The van der Waals surface area contributed by atoms with Crippen molar-refractivity contribution < 1.29 is 9.53 Å². The average molecular weight is 308 g/mol. The van der Waals surface area contributed by atoms with Crippen LogP contribution in [0.1, 0.15) is 18.1 Å². The quantitative estimate of drug-likeness (QED) is 0.656. The molecule has 0 radical (unpaired) electrons. The van der Waals surface area contributed by atoms with Gasteiger partial charge in [-0.15, -0.1) is 0 Å². The molecule has 0 saturated carbocycles. The van der Waals surface area contributed by atoms with Gasteiger partial charge < -0.3 is 4.74 Å². The predicted octanol–water partition coefficient (Wildman–Crippen LogP) is 3.44. The third-order valence-corrected chi connectivity index (χ3v) is 3.20. The Labute approximate surface area is 136 Å². The van der Waals surface area contributed by atoms with Crippen molar-refractivity contribution in [2.45, 2.75) is 13.3 Å². The van der Waals surface area contributed by atoms with Crippen molar-refractivity contribution in [3.05, 3.63) is 71.8 Å². The molecule has 0 aliphatic carbocycles. The highest BCUT2D eigenvalue weighted by molar-refractivity contribution is 5.97. The molecule has 0 saturated heterocycles. The predicted molar refractivity (Wildman–Crippen MR) is 93.4 cm³/mol. The smallest absolute Gasteiger partial charge is 0.244 e. The lowest BCUT2D eigenvalue weighted by Gasteiger charge is -2.03. The zero-order valence-corrected chi connectivity index (χ0v) is 13.3. The molecule has 1 N–H and O–H groups in total. The Hall–Kier alpha value is -2.88. The number of methoxy groups -OCH3 is 1. The van der Waals surface area contributed by atoms with E-state index in [-0.39, 0.29) is 12.3 Å². The number of nitrogens with one attached hydrogen (secondary N) is 1. The number of amides is 1. The highest BCUT2D eigenvalue weighted by Gasteiger charge is 2.02. The van der Waals surface area contributed by atoms with Gasteiger partial charge in [-0.2, -0.15) is 5.10 Å². The van der Waals surface area contributed by atoms with Crippen LogP contribution in [-0.4, -0.2) is 18.7 Å². The fourth-order valence-electron chi connectivity index (χ4n) is 1.94. The highest BCUT2D eigenvalue weighted by Crippen LogP contribution is 2.11. The molecule has 0 heterocycles. The van der Waals surface area contributed by atoms with Gasteiger partial charge in [0.15, 0.2) is 0 Å². The van der Waals surface area contributed by atoms with Crippen LogP contribution in [0.2, 0.25) is 0 Å². The zero-order valence-electron chi connectivity index (χ0n) is 13.3. The van der Waals surface area contributed by atoms with E-state index >= 15 is 0 Å². The van der Waals surface area contributed by atoms with Gasteiger partial charge in [-0.05, 0) is 36.3 Å². The number of hydrazone groups is 1. The maximum atomic E-state index is 11.9. The molecule has 0 aliphatic heterocycles. The van der Waals surface area contributed by atoms with Gasteiger partial charge in [0.1, 0.15) is 5.75 Å². The van der Waals surface area contributed by atoms with Gasteiger partial charge in [0.05, 0.1) is 19.2 Å². The van der Waals surface area contributed by atoms with Crippen molar-refractivity contribution in [1.29, 1.82) is 0 Å². The summed E-state index contributed by atoms with van der Waals surface area (Å²) in [7, 11) is 1.61. The number of hydrogen-bond acceptors (Lipinski definition) is 3. The van der Waals surface area contributed by atoms with Crippen molar-refractivity contribution in [2.24, 2.45) is 5.10 Å². The molecule has 0 aliphatic rings. The lowest BCUT2D eigenvalue weighted by atomic mass is 10.1. The number of allylic oxidation sites excluding steroid dienone is 1. The first-order chi connectivity index (χ1) is 11.2. The molecule has 2 aromatic rings. The Morgan fingerprint density at radius 3 is 2.48 bits per heavy atom. The van der Waals surface area contributed by atoms with E-state index in [1.165, 1.54) is 0 Å². The van der Waals surface area contributed by atoms with E-state index in [0.29, 0.717) is 0 Å². The van der Waals surface area contributed by atoms with Crippen molar-refractivity contribution >= 4 is 17.7 Å². The minimum atomic E-state index is -0.150. The zero-order chi connectivity index (χ0) is 16.5. The summed E-state index contributed by atoms with van der Waals surface area (Å²) >= 11 is 0. The molecule has 2 aromatic carbocycles. The average Bonchev–Trinajstić information content (AvgIpc) is 2.60. The molecule has 0 unspecified atom stereocenters. The van der Waals surface area contributed by atoms with Gasteiger partial charge in [-0.25, -0.2) is 5.43 Å². The van der Waals surface area contributed by atoms with E-state index in [0.717, 1.165) is 22.6 Å². The second-order valence-electron chi connectivity index (χ2n) is 5.06. The topological polar surface area (TPSA) is 50.7 Å². The van der Waals surface area contributed by atoms with E-state index in [1.54, 1.807) is 7.11 Å². The summed E-state index contributed by atoms with van der Waals surface area (Å²) in [5.74, 6) is 0.622. The Morgan fingerprint density at radius 2 is 1.83 bits per heavy atom. The standard InChI is InChI=1S/C19H20N2O2/c1-15(8-9-16-6-4-3-5-7-16)20-21-19(22)14-17-10-12-18(23-2)13-11-17/h3-13H,14H2,1-2H3,(H,21,22)/b9-8-,20-15?. The van der Waals surface area contributed by atoms with Crippen LogP contribution in [0.4, 0.5) is 0 Å². The molecule has 0 bridgehead atoms. The maximum absolute atomic E-state index is 11.9. The Bertz CT molecular complexity index is 689. The number of hydrogen-bond donors (Lipinski definition) is 1. The molecular formula is C19H20N2O2. The number of carbonyl (C=O) groups is 1. The van der Waals surface area contributed by atoms with Crippen LogP contribution in [0.25, 0.3) is 6.08 Å². The first kappa shape index (κ1) is 16.5. The van der Waals surface area contributed by atoms with Crippen LogP contribution in [0.15, 0.2) is 65.8 Å². The molecular weight excluding hydrogens is 288 g/mol. The fraction of sp³-hybridized carbons (Fsp3) is 0.158. The fourth-order valence-corrected chi connectivity index (χ4v) is 1.94. The molecule has 4 heteroatoms. The summed E-state index contributed by atoms with van der Waals surface area (Å²) in [5.41, 5.74) is 5.30. The first-order valence-corrected chi connectivity index (χ1v) is 7.36. The molecule has 23 heavy (non-hydrogen) atoms. The normalized spacial score (nSPS) is 11.5. The van der Waals surface area contributed by atoms with Gasteiger partial charge >= 0.3 is 0 Å². The number of nitrogens with zero attached hydrogens (tertiary/aromatic N) is 1. The van der Waals surface area contributed by atoms with E-state index in [2.05, 4.69) is 10.5 Å². The maximum Gasteiger partial charge on any atom is 0.244 e. The van der Waals surface area contributed by atoms with Gasteiger partial charge in [-0.1, -0.05) is 48.5 Å². The minimum Gasteiger partial charge on any atom is -0.497 e. The summed E-state index contributed by atoms with van der Waals surface area (Å²) in [4.78, 5) is 11.9. The Morgan fingerprint density at radius 1 is 1.13 bits per heavy atom. The molecule has 0 spiro atoms. The summed E-state index contributed by atoms with van der Waals surface area (Å²) < 4.78 is 5.09. The third kappa shape index (κ3) is 5.79. The van der Waals surface area contributed by atoms with Crippen molar-refractivity contribution in [3.63, 3.8) is 0 Å². The number of benzene rings is 2. The van der Waals surface area contributed by atoms with Gasteiger partial charge in [-0.3, -0.25) is 4.79 Å².